The van der Waals surface area contributed by atoms with Crippen molar-refractivity contribution in [3.63, 3.8) is 0 Å². The summed E-state index contributed by atoms with van der Waals surface area (Å²) in [7, 11) is 0. The van der Waals surface area contributed by atoms with Gasteiger partial charge in [-0.05, 0) is 36.2 Å². The number of hydrogen-bond acceptors (Lipinski definition) is 5. The van der Waals surface area contributed by atoms with Crippen LogP contribution in [0.1, 0.15) is 52.0 Å². The number of amides is 1. The molecule has 0 unspecified atom stereocenters. The van der Waals surface area contributed by atoms with Crippen LogP contribution in [-0.4, -0.2) is 22.5 Å². The fourth-order valence-corrected chi connectivity index (χ4v) is 3.72. The number of benzene rings is 1. The zero-order valence-electron chi connectivity index (χ0n) is 16.9. The molecule has 3 rings (SSSR count). The maximum Gasteiger partial charge on any atom is 0.419 e. The molecule has 2 heterocycles. The number of alkyl halides is 3. The molecule has 0 saturated heterocycles. The van der Waals surface area contributed by atoms with E-state index >= 15 is 0 Å². The van der Waals surface area contributed by atoms with Crippen molar-refractivity contribution < 1.29 is 22.7 Å². The molecule has 1 N–H and O–H groups in total. The van der Waals surface area contributed by atoms with Gasteiger partial charge in [-0.1, -0.05) is 25.8 Å². The Morgan fingerprint density at radius 2 is 2.03 bits per heavy atom. The highest BCUT2D eigenvalue weighted by Crippen LogP contribution is 2.37. The highest BCUT2D eigenvalue weighted by Gasteiger charge is 2.34. The number of hydrogen-bond donors (Lipinski definition) is 1. The van der Waals surface area contributed by atoms with E-state index in [-0.39, 0.29) is 24.7 Å². The third kappa shape index (κ3) is 6.52. The van der Waals surface area contributed by atoms with Gasteiger partial charge < -0.3 is 10.1 Å². The van der Waals surface area contributed by atoms with Crippen molar-refractivity contribution >= 4 is 22.9 Å². The Morgan fingerprint density at radius 3 is 2.74 bits per heavy atom. The van der Waals surface area contributed by atoms with Gasteiger partial charge in [0, 0.05) is 12.6 Å². The number of unbranched alkanes of at least 4 members (excludes halogenated alkanes) is 2. The fourth-order valence-electron chi connectivity index (χ4n) is 2.87. The second-order valence-corrected chi connectivity index (χ2v) is 7.99. The smallest absolute Gasteiger partial charge is 0.419 e. The largest absolute Gasteiger partial charge is 0.493 e. The van der Waals surface area contributed by atoms with Crippen LogP contribution in [0.4, 0.5) is 18.9 Å². The Morgan fingerprint density at radius 1 is 1.19 bits per heavy atom. The molecule has 2 aromatic heterocycles. The van der Waals surface area contributed by atoms with Crippen molar-refractivity contribution in [2.75, 3.05) is 11.9 Å². The summed E-state index contributed by atoms with van der Waals surface area (Å²) in [6.07, 6.45) is 2.77. The molecule has 1 amide bonds. The Bertz CT molecular complexity index is 1010. The first-order chi connectivity index (χ1) is 14.9. The number of carbonyl (C=O) groups is 1. The van der Waals surface area contributed by atoms with Gasteiger partial charge in [0.2, 0.25) is 0 Å². The van der Waals surface area contributed by atoms with Crippen LogP contribution in [0.5, 0.6) is 5.75 Å². The molecule has 9 heteroatoms. The highest BCUT2D eigenvalue weighted by atomic mass is 32.1. The lowest BCUT2D eigenvalue weighted by atomic mass is 10.1. The first-order valence-electron chi connectivity index (χ1n) is 9.86. The molecule has 5 nitrogen and oxygen atoms in total. The van der Waals surface area contributed by atoms with Gasteiger partial charge in [-0.25, -0.2) is 4.98 Å². The van der Waals surface area contributed by atoms with Gasteiger partial charge in [-0.3, -0.25) is 9.78 Å². The summed E-state index contributed by atoms with van der Waals surface area (Å²) in [6, 6.07) is 7.45. The van der Waals surface area contributed by atoms with Gasteiger partial charge >= 0.3 is 6.18 Å². The lowest BCUT2D eigenvalue weighted by molar-refractivity contribution is -0.139. The Hall–Kier alpha value is -2.94. The number of aromatic nitrogens is 2. The van der Waals surface area contributed by atoms with Crippen molar-refractivity contribution in [3.8, 4) is 5.75 Å². The SMILES string of the molecule is CCCCCOc1ccc(Cc2ncc(C(=O)Nc3cccnc3)s2)cc1C(F)(F)F. The lowest BCUT2D eigenvalue weighted by Crippen LogP contribution is -2.10. The molecule has 0 saturated carbocycles. The number of nitrogens with one attached hydrogen (secondary N) is 1. The van der Waals surface area contributed by atoms with Gasteiger partial charge in [0.1, 0.15) is 10.6 Å². The number of thiazole rings is 1. The Kier molecular flexibility index (Phi) is 7.62. The fraction of sp³-hybridized carbons (Fsp3) is 0.318. The van der Waals surface area contributed by atoms with Crippen molar-refractivity contribution in [1.29, 1.82) is 0 Å². The minimum absolute atomic E-state index is 0.164. The van der Waals surface area contributed by atoms with Crippen molar-refractivity contribution in [2.24, 2.45) is 0 Å². The molecule has 0 aliphatic rings. The van der Waals surface area contributed by atoms with E-state index in [4.69, 9.17) is 4.74 Å². The second-order valence-electron chi connectivity index (χ2n) is 6.87. The average Bonchev–Trinajstić information content (AvgIpc) is 3.21. The minimum Gasteiger partial charge on any atom is -0.493 e. The Balaban J connectivity index is 1.70. The lowest BCUT2D eigenvalue weighted by Gasteiger charge is -2.15. The van der Waals surface area contributed by atoms with Crippen LogP contribution < -0.4 is 10.1 Å². The molecule has 0 aliphatic heterocycles. The molecule has 0 bridgehead atoms. The van der Waals surface area contributed by atoms with E-state index in [0.717, 1.165) is 30.2 Å². The number of halogens is 3. The molecule has 164 valence electrons. The predicted octanol–water partition coefficient (Wildman–Crippen LogP) is 5.97. The molecule has 0 radical (unpaired) electrons. The van der Waals surface area contributed by atoms with E-state index in [2.05, 4.69) is 15.3 Å². The van der Waals surface area contributed by atoms with Crippen molar-refractivity contribution in [1.82, 2.24) is 9.97 Å². The van der Waals surface area contributed by atoms with Crippen molar-refractivity contribution in [2.45, 2.75) is 38.8 Å². The summed E-state index contributed by atoms with van der Waals surface area (Å²) in [4.78, 5) is 20.8. The number of nitrogens with zero attached hydrogens (tertiary/aromatic N) is 2. The third-order valence-electron chi connectivity index (χ3n) is 4.41. The average molecular weight is 449 g/mol. The third-order valence-corrected chi connectivity index (χ3v) is 5.40. The van der Waals surface area contributed by atoms with E-state index in [1.807, 2.05) is 6.92 Å². The van der Waals surface area contributed by atoms with Gasteiger partial charge in [-0.15, -0.1) is 11.3 Å². The minimum atomic E-state index is -4.52. The van der Waals surface area contributed by atoms with Crippen LogP contribution >= 0.6 is 11.3 Å². The van der Waals surface area contributed by atoms with Crippen LogP contribution in [0, 0.1) is 0 Å². The molecule has 3 aromatic rings. The maximum atomic E-state index is 13.5. The molecular formula is C22H22F3N3O2S. The first kappa shape index (κ1) is 22.7. The molecule has 0 aliphatic carbocycles. The van der Waals surface area contributed by atoms with Gasteiger partial charge in [-0.2, -0.15) is 13.2 Å². The topological polar surface area (TPSA) is 64.1 Å². The molecule has 0 spiro atoms. The number of pyridine rings is 1. The quantitative estimate of drug-likeness (QED) is 0.409. The zero-order valence-corrected chi connectivity index (χ0v) is 17.7. The van der Waals surface area contributed by atoms with Gasteiger partial charge in [0.05, 0.1) is 35.3 Å². The van der Waals surface area contributed by atoms with Crippen LogP contribution in [0.25, 0.3) is 0 Å². The number of ether oxygens (including phenoxy) is 1. The monoisotopic (exact) mass is 449 g/mol. The maximum absolute atomic E-state index is 13.5. The highest BCUT2D eigenvalue weighted by molar-refractivity contribution is 7.13. The molecule has 1 aromatic carbocycles. The van der Waals surface area contributed by atoms with Crippen molar-refractivity contribution in [3.05, 3.63) is 69.9 Å². The molecular weight excluding hydrogens is 427 g/mol. The number of rotatable bonds is 9. The van der Waals surface area contributed by atoms with E-state index in [0.29, 0.717) is 27.6 Å². The predicted molar refractivity (Wildman–Crippen MR) is 114 cm³/mol. The van der Waals surface area contributed by atoms with E-state index in [1.54, 1.807) is 24.4 Å². The first-order valence-corrected chi connectivity index (χ1v) is 10.7. The molecule has 0 fully saturated rings. The summed E-state index contributed by atoms with van der Waals surface area (Å²) >= 11 is 1.14. The van der Waals surface area contributed by atoms with Gasteiger partial charge in [0.15, 0.2) is 0 Å². The standard InChI is InChI=1S/C22H22F3N3O2S/c1-2-3-4-10-30-18-8-7-15(11-17(18)22(23,24)25)12-20-27-14-19(31-20)21(29)28-16-6-5-9-26-13-16/h5-9,11,13-14H,2-4,10,12H2,1H3,(H,28,29). The summed E-state index contributed by atoms with van der Waals surface area (Å²) < 4.78 is 45.9. The van der Waals surface area contributed by atoms with Gasteiger partial charge in [0.25, 0.3) is 5.91 Å². The van der Waals surface area contributed by atoms with Crippen LogP contribution in [0.15, 0.2) is 48.9 Å². The zero-order chi connectivity index (χ0) is 22.3. The molecule has 31 heavy (non-hydrogen) atoms. The van der Waals surface area contributed by atoms with E-state index in [1.165, 1.54) is 18.5 Å². The second kappa shape index (κ2) is 10.4. The number of anilines is 1. The summed E-state index contributed by atoms with van der Waals surface area (Å²) in [5.41, 5.74) is 0.196. The molecule has 0 atom stereocenters. The summed E-state index contributed by atoms with van der Waals surface area (Å²) in [6.45, 7) is 2.26. The normalized spacial score (nSPS) is 11.4. The van der Waals surface area contributed by atoms with E-state index < -0.39 is 11.7 Å². The van der Waals surface area contributed by atoms with Crippen LogP contribution in [0.3, 0.4) is 0 Å². The van der Waals surface area contributed by atoms with Crippen LogP contribution in [-0.2, 0) is 12.6 Å². The summed E-state index contributed by atoms with van der Waals surface area (Å²) in [5, 5.41) is 3.25. The van der Waals surface area contributed by atoms with Crippen LogP contribution in [0.2, 0.25) is 0 Å². The summed E-state index contributed by atoms with van der Waals surface area (Å²) in [5.74, 6) is -0.508. The number of carbonyl (C=O) groups excluding carboxylic acids is 1. The Labute approximate surface area is 182 Å². The van der Waals surface area contributed by atoms with E-state index in [9.17, 15) is 18.0 Å².